The standard InChI is InChI=1S/C16H19F3N4O3/c17-16(18,19)6-8-22-11(4-5-13(22)25)15-20-14(12-3-1-10-26-12)21-23(15)7-2-9-24/h1,3,10-11,24H,2,4-9H2. The van der Waals surface area contributed by atoms with E-state index < -0.39 is 25.2 Å². The van der Waals surface area contributed by atoms with Gasteiger partial charge in [-0.2, -0.15) is 13.2 Å². The van der Waals surface area contributed by atoms with Crippen LogP contribution in [0.25, 0.3) is 11.6 Å². The first-order valence-corrected chi connectivity index (χ1v) is 8.35. The molecular formula is C16H19F3N4O3. The molecule has 2 aromatic rings. The van der Waals surface area contributed by atoms with Crippen LogP contribution >= 0.6 is 0 Å². The summed E-state index contributed by atoms with van der Waals surface area (Å²) in [6.45, 7) is -0.121. The number of alkyl halides is 3. The minimum absolute atomic E-state index is 0.0588. The van der Waals surface area contributed by atoms with E-state index in [9.17, 15) is 18.0 Å². The first-order chi connectivity index (χ1) is 12.4. The van der Waals surface area contributed by atoms with Gasteiger partial charge in [-0.3, -0.25) is 4.79 Å². The smallest absolute Gasteiger partial charge is 0.390 e. The molecule has 142 valence electrons. The molecule has 1 amide bonds. The third-order valence-electron chi connectivity index (χ3n) is 4.23. The number of nitrogens with zero attached hydrogens (tertiary/aromatic N) is 4. The summed E-state index contributed by atoms with van der Waals surface area (Å²) in [7, 11) is 0. The van der Waals surface area contributed by atoms with Crippen molar-refractivity contribution in [2.75, 3.05) is 13.2 Å². The number of hydrogen-bond donors (Lipinski definition) is 1. The highest BCUT2D eigenvalue weighted by Crippen LogP contribution is 2.34. The molecule has 7 nitrogen and oxygen atoms in total. The Morgan fingerprint density at radius 3 is 2.81 bits per heavy atom. The van der Waals surface area contributed by atoms with E-state index in [1.54, 1.807) is 12.1 Å². The van der Waals surface area contributed by atoms with Crippen LogP contribution in [0.2, 0.25) is 0 Å². The third kappa shape index (κ3) is 4.06. The molecule has 10 heteroatoms. The molecule has 1 unspecified atom stereocenters. The molecule has 1 N–H and O–H groups in total. The van der Waals surface area contributed by atoms with E-state index in [-0.39, 0.29) is 18.9 Å². The highest BCUT2D eigenvalue weighted by molar-refractivity contribution is 5.78. The number of carbonyl (C=O) groups is 1. The largest absolute Gasteiger partial charge is 0.461 e. The van der Waals surface area contributed by atoms with Gasteiger partial charge in [-0.15, -0.1) is 5.10 Å². The van der Waals surface area contributed by atoms with Crippen molar-refractivity contribution in [1.82, 2.24) is 19.7 Å². The second kappa shape index (κ2) is 7.48. The Labute approximate surface area is 147 Å². The van der Waals surface area contributed by atoms with Crippen LogP contribution in [0.15, 0.2) is 22.8 Å². The minimum atomic E-state index is -4.34. The van der Waals surface area contributed by atoms with Crippen molar-refractivity contribution >= 4 is 5.91 Å². The number of aliphatic hydroxyl groups excluding tert-OH is 1. The van der Waals surface area contributed by atoms with E-state index in [4.69, 9.17) is 9.52 Å². The summed E-state index contributed by atoms with van der Waals surface area (Å²) in [5, 5.41) is 13.4. The van der Waals surface area contributed by atoms with Gasteiger partial charge in [0.05, 0.1) is 18.7 Å². The lowest BCUT2D eigenvalue weighted by Gasteiger charge is -2.25. The second-order valence-electron chi connectivity index (χ2n) is 6.08. The quantitative estimate of drug-likeness (QED) is 0.807. The van der Waals surface area contributed by atoms with Gasteiger partial charge in [0.2, 0.25) is 11.7 Å². The predicted octanol–water partition coefficient (Wildman–Crippen LogP) is 2.54. The molecule has 1 aliphatic rings. The number of hydrogen-bond acceptors (Lipinski definition) is 5. The van der Waals surface area contributed by atoms with Crippen LogP contribution in [-0.2, 0) is 11.3 Å². The molecule has 0 aliphatic carbocycles. The number of aliphatic hydroxyl groups is 1. The number of aromatic nitrogens is 3. The molecule has 0 aromatic carbocycles. The molecular weight excluding hydrogens is 353 g/mol. The van der Waals surface area contributed by atoms with E-state index in [2.05, 4.69) is 10.1 Å². The molecule has 1 atom stereocenters. The fourth-order valence-electron chi connectivity index (χ4n) is 3.03. The van der Waals surface area contributed by atoms with Gasteiger partial charge in [-0.05, 0) is 25.0 Å². The van der Waals surface area contributed by atoms with Crippen LogP contribution in [0.4, 0.5) is 13.2 Å². The monoisotopic (exact) mass is 372 g/mol. The maximum Gasteiger partial charge on any atom is 0.390 e. The first-order valence-electron chi connectivity index (χ1n) is 8.35. The maximum absolute atomic E-state index is 12.6. The van der Waals surface area contributed by atoms with Gasteiger partial charge in [0.25, 0.3) is 0 Å². The van der Waals surface area contributed by atoms with Gasteiger partial charge in [0, 0.05) is 26.1 Å². The number of carbonyl (C=O) groups excluding carboxylic acids is 1. The van der Waals surface area contributed by atoms with Crippen LogP contribution in [0.1, 0.15) is 37.5 Å². The van der Waals surface area contributed by atoms with E-state index in [1.807, 2.05) is 0 Å². The zero-order chi connectivity index (χ0) is 18.7. The van der Waals surface area contributed by atoms with E-state index >= 15 is 0 Å². The molecule has 2 aromatic heterocycles. The number of aryl methyl sites for hydroxylation is 1. The Kier molecular flexibility index (Phi) is 5.30. The number of likely N-dealkylation sites (tertiary alicyclic amines) is 1. The first kappa shape index (κ1) is 18.4. The van der Waals surface area contributed by atoms with Crippen LogP contribution in [0.5, 0.6) is 0 Å². The topological polar surface area (TPSA) is 84.4 Å². The van der Waals surface area contributed by atoms with Crippen molar-refractivity contribution in [2.45, 2.75) is 44.4 Å². The molecule has 0 spiro atoms. The molecule has 1 fully saturated rings. The van der Waals surface area contributed by atoms with Crippen molar-refractivity contribution in [3.05, 3.63) is 24.2 Å². The summed E-state index contributed by atoms with van der Waals surface area (Å²) in [6, 6.07) is 2.79. The minimum Gasteiger partial charge on any atom is -0.461 e. The molecule has 26 heavy (non-hydrogen) atoms. The Morgan fingerprint density at radius 2 is 2.15 bits per heavy atom. The van der Waals surface area contributed by atoms with Crippen molar-refractivity contribution in [2.24, 2.45) is 0 Å². The molecule has 3 heterocycles. The van der Waals surface area contributed by atoms with Gasteiger partial charge in [-0.25, -0.2) is 9.67 Å². The highest BCUT2D eigenvalue weighted by atomic mass is 19.4. The van der Waals surface area contributed by atoms with E-state index in [0.717, 1.165) is 0 Å². The SMILES string of the molecule is O=C1CCC(c2nc(-c3ccco3)nn2CCCO)N1CCC(F)(F)F. The predicted molar refractivity (Wildman–Crippen MR) is 83.8 cm³/mol. The normalized spacial score (nSPS) is 18.1. The van der Waals surface area contributed by atoms with Crippen molar-refractivity contribution < 1.29 is 27.5 Å². The van der Waals surface area contributed by atoms with Crippen molar-refractivity contribution in [3.63, 3.8) is 0 Å². The van der Waals surface area contributed by atoms with Crippen LogP contribution in [-0.4, -0.2) is 50.0 Å². The summed E-state index contributed by atoms with van der Waals surface area (Å²) < 4.78 is 44.6. The number of furan rings is 1. The Bertz CT molecular complexity index is 743. The van der Waals surface area contributed by atoms with Crippen LogP contribution < -0.4 is 0 Å². The third-order valence-corrected chi connectivity index (χ3v) is 4.23. The van der Waals surface area contributed by atoms with Gasteiger partial charge in [0.1, 0.15) is 0 Å². The molecule has 3 rings (SSSR count). The van der Waals surface area contributed by atoms with Gasteiger partial charge >= 0.3 is 6.18 Å². The fourth-order valence-corrected chi connectivity index (χ4v) is 3.03. The Hall–Kier alpha value is -2.36. The van der Waals surface area contributed by atoms with Gasteiger partial charge in [0.15, 0.2) is 11.6 Å². The number of rotatable bonds is 7. The average molecular weight is 372 g/mol. The van der Waals surface area contributed by atoms with Crippen LogP contribution in [0, 0.1) is 0 Å². The lowest BCUT2D eigenvalue weighted by molar-refractivity contribution is -0.144. The molecule has 1 saturated heterocycles. The van der Waals surface area contributed by atoms with Crippen molar-refractivity contribution in [3.8, 4) is 11.6 Å². The molecule has 0 bridgehead atoms. The average Bonchev–Trinajstić information content (AvgIpc) is 3.29. The van der Waals surface area contributed by atoms with E-state index in [0.29, 0.717) is 36.8 Å². The van der Waals surface area contributed by atoms with Gasteiger partial charge in [-0.1, -0.05) is 0 Å². The summed E-state index contributed by atoms with van der Waals surface area (Å²) >= 11 is 0. The lowest BCUT2D eigenvalue weighted by atomic mass is 10.2. The zero-order valence-electron chi connectivity index (χ0n) is 13.9. The summed E-state index contributed by atoms with van der Waals surface area (Å²) in [4.78, 5) is 17.7. The van der Waals surface area contributed by atoms with E-state index in [1.165, 1.54) is 15.8 Å². The lowest BCUT2D eigenvalue weighted by Crippen LogP contribution is -2.33. The van der Waals surface area contributed by atoms with Gasteiger partial charge < -0.3 is 14.4 Å². The maximum atomic E-state index is 12.6. The highest BCUT2D eigenvalue weighted by Gasteiger charge is 2.38. The second-order valence-corrected chi connectivity index (χ2v) is 6.08. The summed E-state index contributed by atoms with van der Waals surface area (Å²) in [5.74, 6) is 0.826. The van der Waals surface area contributed by atoms with Crippen LogP contribution in [0.3, 0.4) is 0 Å². The Morgan fingerprint density at radius 1 is 1.35 bits per heavy atom. The summed E-state index contributed by atoms with van der Waals surface area (Å²) in [6.07, 6.45) is -2.96. The summed E-state index contributed by atoms with van der Waals surface area (Å²) in [5.41, 5.74) is 0. The fraction of sp³-hybridized carbons (Fsp3) is 0.562. The molecule has 1 aliphatic heterocycles. The molecule has 0 saturated carbocycles. The Balaban J connectivity index is 1.88. The zero-order valence-corrected chi connectivity index (χ0v) is 13.9. The van der Waals surface area contributed by atoms with Crippen molar-refractivity contribution in [1.29, 1.82) is 0 Å². The molecule has 0 radical (unpaired) electrons. The number of halogens is 3. The number of amides is 1.